The first-order valence-corrected chi connectivity index (χ1v) is 6.93. The molecule has 2 N–H and O–H groups in total. The van der Waals surface area contributed by atoms with E-state index in [1.807, 2.05) is 18.2 Å². The van der Waals surface area contributed by atoms with Gasteiger partial charge in [-0.2, -0.15) is 0 Å². The van der Waals surface area contributed by atoms with Crippen LogP contribution < -0.4 is 5.32 Å². The lowest BCUT2D eigenvalue weighted by Crippen LogP contribution is -2.22. The predicted molar refractivity (Wildman–Crippen MR) is 76.3 cm³/mol. The highest BCUT2D eigenvalue weighted by atomic mass is 32.2. The summed E-state index contributed by atoms with van der Waals surface area (Å²) in [7, 11) is 0. The molecule has 3 rings (SSSR count). The lowest BCUT2D eigenvalue weighted by molar-refractivity contribution is 0.0961. The Hall–Kier alpha value is -2.41. The highest BCUT2D eigenvalue weighted by Crippen LogP contribution is 2.20. The molecule has 3 aromatic rings. The molecule has 0 spiro atoms. The first kappa shape index (κ1) is 12.6. The maximum atomic E-state index is 11.9. The zero-order valence-electron chi connectivity index (χ0n) is 10.4. The van der Waals surface area contributed by atoms with Gasteiger partial charge in [0.05, 0.1) is 12.2 Å². The standard InChI is InChI=1S/C13H11N5OS/c19-12(9-4-2-1-3-5-9)18-8-20-13-10-11(15-6-14-10)16-7-17-13/h1-7H,8H2,(H,18,19)(H,14,15,16,17). The Morgan fingerprint density at radius 1 is 1.20 bits per heavy atom. The average Bonchev–Trinajstić information content (AvgIpc) is 2.97. The van der Waals surface area contributed by atoms with E-state index >= 15 is 0 Å². The number of aromatic nitrogens is 4. The number of nitrogens with one attached hydrogen (secondary N) is 2. The molecule has 1 aromatic carbocycles. The molecule has 2 aromatic heterocycles. The van der Waals surface area contributed by atoms with Crippen molar-refractivity contribution in [1.82, 2.24) is 25.3 Å². The van der Waals surface area contributed by atoms with Crippen LogP contribution in [0.15, 0.2) is 48.0 Å². The van der Waals surface area contributed by atoms with Gasteiger partial charge in [-0.3, -0.25) is 4.79 Å². The van der Waals surface area contributed by atoms with Gasteiger partial charge in [0, 0.05) is 5.56 Å². The SMILES string of the molecule is O=C(NCSc1ncnc2nc[nH]c12)c1ccccc1. The van der Waals surface area contributed by atoms with Crippen molar-refractivity contribution in [2.24, 2.45) is 0 Å². The van der Waals surface area contributed by atoms with Gasteiger partial charge in [-0.15, -0.1) is 0 Å². The summed E-state index contributed by atoms with van der Waals surface area (Å²) in [5.41, 5.74) is 2.05. The molecule has 0 fully saturated rings. The number of aromatic amines is 1. The smallest absolute Gasteiger partial charge is 0.251 e. The average molecular weight is 285 g/mol. The minimum Gasteiger partial charge on any atom is -0.343 e. The predicted octanol–water partition coefficient (Wildman–Crippen LogP) is 1.83. The molecule has 0 radical (unpaired) electrons. The van der Waals surface area contributed by atoms with E-state index in [1.54, 1.807) is 18.5 Å². The third-order valence-electron chi connectivity index (χ3n) is 2.67. The van der Waals surface area contributed by atoms with Crippen molar-refractivity contribution in [3.05, 3.63) is 48.5 Å². The molecule has 0 saturated heterocycles. The monoisotopic (exact) mass is 285 g/mol. The van der Waals surface area contributed by atoms with Gasteiger partial charge in [-0.1, -0.05) is 30.0 Å². The van der Waals surface area contributed by atoms with E-state index in [9.17, 15) is 4.79 Å². The zero-order chi connectivity index (χ0) is 13.8. The van der Waals surface area contributed by atoms with Gasteiger partial charge in [-0.25, -0.2) is 15.0 Å². The fraction of sp³-hybridized carbons (Fsp3) is 0.0769. The maximum absolute atomic E-state index is 11.9. The number of rotatable bonds is 4. The molecule has 0 bridgehead atoms. The molecule has 6 nitrogen and oxygen atoms in total. The van der Waals surface area contributed by atoms with Gasteiger partial charge in [-0.05, 0) is 12.1 Å². The number of nitrogens with zero attached hydrogens (tertiary/aromatic N) is 3. The van der Waals surface area contributed by atoms with E-state index in [4.69, 9.17) is 0 Å². The van der Waals surface area contributed by atoms with E-state index in [0.717, 1.165) is 10.5 Å². The maximum Gasteiger partial charge on any atom is 0.251 e. The molecule has 0 atom stereocenters. The number of carbonyl (C=O) groups excluding carboxylic acids is 1. The summed E-state index contributed by atoms with van der Waals surface area (Å²) < 4.78 is 0. The topological polar surface area (TPSA) is 83.6 Å². The van der Waals surface area contributed by atoms with Crippen LogP contribution in [-0.2, 0) is 0 Å². The fourth-order valence-electron chi connectivity index (χ4n) is 1.71. The van der Waals surface area contributed by atoms with Crippen LogP contribution in [0.2, 0.25) is 0 Å². The van der Waals surface area contributed by atoms with Crippen LogP contribution in [0.1, 0.15) is 10.4 Å². The van der Waals surface area contributed by atoms with Crippen molar-refractivity contribution >= 4 is 28.8 Å². The number of thioether (sulfide) groups is 1. The lowest BCUT2D eigenvalue weighted by atomic mass is 10.2. The molecule has 0 unspecified atom stereocenters. The Morgan fingerprint density at radius 3 is 2.90 bits per heavy atom. The molecule has 0 aliphatic rings. The van der Waals surface area contributed by atoms with Crippen LogP contribution in [0.25, 0.3) is 11.2 Å². The summed E-state index contributed by atoms with van der Waals surface area (Å²) in [6.45, 7) is 0. The number of H-pyrrole nitrogens is 1. The first-order chi connectivity index (χ1) is 9.84. The van der Waals surface area contributed by atoms with Crippen molar-refractivity contribution in [3.63, 3.8) is 0 Å². The van der Waals surface area contributed by atoms with E-state index in [1.165, 1.54) is 18.1 Å². The summed E-state index contributed by atoms with van der Waals surface area (Å²) in [4.78, 5) is 27.1. The molecule has 20 heavy (non-hydrogen) atoms. The summed E-state index contributed by atoms with van der Waals surface area (Å²) in [5, 5.41) is 3.60. The molecule has 0 saturated carbocycles. The second-order valence-corrected chi connectivity index (χ2v) is 4.90. The lowest BCUT2D eigenvalue weighted by Gasteiger charge is -2.04. The Morgan fingerprint density at radius 2 is 2.05 bits per heavy atom. The Bertz CT molecular complexity index is 728. The minimum absolute atomic E-state index is 0.104. The third kappa shape index (κ3) is 2.62. The van der Waals surface area contributed by atoms with Crippen molar-refractivity contribution in [1.29, 1.82) is 0 Å². The summed E-state index contributed by atoms with van der Waals surface area (Å²) in [6, 6.07) is 9.10. The Kier molecular flexibility index (Phi) is 3.60. The minimum atomic E-state index is -0.104. The van der Waals surface area contributed by atoms with Gasteiger partial charge >= 0.3 is 0 Å². The van der Waals surface area contributed by atoms with Crippen molar-refractivity contribution in [2.75, 3.05) is 5.88 Å². The number of amides is 1. The Labute approximate surface area is 119 Å². The molecule has 1 amide bonds. The van der Waals surface area contributed by atoms with Gasteiger partial charge < -0.3 is 10.3 Å². The quantitative estimate of drug-likeness (QED) is 0.434. The van der Waals surface area contributed by atoms with Crippen LogP contribution in [-0.4, -0.2) is 31.7 Å². The van der Waals surface area contributed by atoms with E-state index in [0.29, 0.717) is 17.1 Å². The van der Waals surface area contributed by atoms with Crippen molar-refractivity contribution in [3.8, 4) is 0 Å². The molecule has 0 aliphatic carbocycles. The number of benzene rings is 1. The summed E-state index contributed by atoms with van der Waals surface area (Å²) in [5.74, 6) is 0.326. The van der Waals surface area contributed by atoms with E-state index < -0.39 is 0 Å². The number of carbonyl (C=O) groups is 1. The highest BCUT2D eigenvalue weighted by molar-refractivity contribution is 7.99. The van der Waals surface area contributed by atoms with Crippen LogP contribution >= 0.6 is 11.8 Å². The fourth-order valence-corrected chi connectivity index (χ4v) is 2.47. The molecule has 100 valence electrons. The number of imidazole rings is 1. The van der Waals surface area contributed by atoms with Gasteiger partial charge in [0.1, 0.15) is 16.9 Å². The highest BCUT2D eigenvalue weighted by Gasteiger charge is 2.08. The molecular formula is C13H11N5OS. The summed E-state index contributed by atoms with van der Waals surface area (Å²) >= 11 is 1.42. The Balaban J connectivity index is 1.63. The van der Waals surface area contributed by atoms with Gasteiger partial charge in [0.25, 0.3) is 5.91 Å². The molecular weight excluding hydrogens is 274 g/mol. The van der Waals surface area contributed by atoms with Crippen LogP contribution in [0.4, 0.5) is 0 Å². The number of fused-ring (bicyclic) bond motifs is 1. The molecule has 2 heterocycles. The second-order valence-electron chi connectivity index (χ2n) is 3.94. The first-order valence-electron chi connectivity index (χ1n) is 5.95. The van der Waals surface area contributed by atoms with Gasteiger partial charge in [0.15, 0.2) is 5.65 Å². The van der Waals surface area contributed by atoms with Crippen LogP contribution in [0.5, 0.6) is 0 Å². The second kappa shape index (κ2) is 5.70. The molecule has 0 aliphatic heterocycles. The van der Waals surface area contributed by atoms with E-state index in [-0.39, 0.29) is 5.91 Å². The van der Waals surface area contributed by atoms with Gasteiger partial charge in [0.2, 0.25) is 0 Å². The number of hydrogen-bond donors (Lipinski definition) is 2. The normalized spacial score (nSPS) is 10.6. The van der Waals surface area contributed by atoms with Crippen molar-refractivity contribution < 1.29 is 4.79 Å². The zero-order valence-corrected chi connectivity index (χ0v) is 11.2. The van der Waals surface area contributed by atoms with Crippen molar-refractivity contribution in [2.45, 2.75) is 5.03 Å². The van der Waals surface area contributed by atoms with Crippen LogP contribution in [0, 0.1) is 0 Å². The molecule has 7 heteroatoms. The van der Waals surface area contributed by atoms with E-state index in [2.05, 4.69) is 25.3 Å². The van der Waals surface area contributed by atoms with Crippen LogP contribution in [0.3, 0.4) is 0 Å². The third-order valence-corrected chi connectivity index (χ3v) is 3.54. The largest absolute Gasteiger partial charge is 0.343 e. The summed E-state index contributed by atoms with van der Waals surface area (Å²) in [6.07, 6.45) is 3.04. The number of hydrogen-bond acceptors (Lipinski definition) is 5.